The summed E-state index contributed by atoms with van der Waals surface area (Å²) in [6.07, 6.45) is 1.82. The molecule has 0 aliphatic heterocycles. The summed E-state index contributed by atoms with van der Waals surface area (Å²) < 4.78 is 11.0. The molecule has 0 bridgehead atoms. The molecule has 1 heterocycles. The molecular weight excluding hydrogens is 298 g/mol. The Kier molecular flexibility index (Phi) is 5.38. The van der Waals surface area contributed by atoms with Gasteiger partial charge in [-0.1, -0.05) is 0 Å². The van der Waals surface area contributed by atoms with E-state index in [9.17, 15) is 0 Å². The van der Waals surface area contributed by atoms with E-state index in [1.807, 2.05) is 45.9 Å². The van der Waals surface area contributed by atoms with Gasteiger partial charge >= 0.3 is 0 Å². The third-order valence-electron chi connectivity index (χ3n) is 2.95. The highest BCUT2D eigenvalue weighted by atomic mass is 32.1. The highest BCUT2D eigenvalue weighted by Crippen LogP contribution is 2.28. The molecule has 2 aromatic rings. The zero-order valence-electron chi connectivity index (χ0n) is 13.5. The lowest BCUT2D eigenvalue weighted by molar-refractivity contribution is 0.230. The second kappa shape index (κ2) is 7.26. The normalized spacial score (nSPS) is 11.2. The summed E-state index contributed by atoms with van der Waals surface area (Å²) in [6.45, 7) is 7.99. The zero-order chi connectivity index (χ0) is 16.1. The number of nitrogens with one attached hydrogen (secondary N) is 1. The van der Waals surface area contributed by atoms with Gasteiger partial charge in [0.2, 0.25) is 5.13 Å². The third kappa shape index (κ3) is 4.21. The Bertz CT molecular complexity index is 646. The molecule has 0 unspecified atom stereocenters. The van der Waals surface area contributed by atoms with Crippen molar-refractivity contribution in [2.24, 2.45) is 5.10 Å². The van der Waals surface area contributed by atoms with Gasteiger partial charge < -0.3 is 9.47 Å². The van der Waals surface area contributed by atoms with Crippen LogP contribution in [0.4, 0.5) is 5.13 Å². The minimum atomic E-state index is 0.0838. The zero-order valence-corrected chi connectivity index (χ0v) is 14.3. The number of hydrazone groups is 1. The van der Waals surface area contributed by atoms with E-state index >= 15 is 0 Å². The van der Waals surface area contributed by atoms with Gasteiger partial charge in [0, 0.05) is 4.88 Å². The van der Waals surface area contributed by atoms with Gasteiger partial charge in [-0.15, -0.1) is 11.3 Å². The fourth-order valence-electron chi connectivity index (χ4n) is 1.80. The molecule has 2 rings (SSSR count). The largest absolute Gasteiger partial charge is 0.493 e. The predicted octanol–water partition coefficient (Wildman–Crippen LogP) is 4.00. The molecule has 5 nitrogen and oxygen atoms in total. The Hall–Kier alpha value is -2.08. The summed E-state index contributed by atoms with van der Waals surface area (Å²) in [6, 6.07) is 5.70. The molecule has 0 radical (unpaired) electrons. The Morgan fingerprint density at radius 2 is 2.05 bits per heavy atom. The molecule has 0 amide bonds. The lowest BCUT2D eigenvalue weighted by atomic mass is 10.2. The van der Waals surface area contributed by atoms with Gasteiger partial charge in [0.1, 0.15) is 0 Å². The Morgan fingerprint density at radius 1 is 1.27 bits per heavy atom. The molecule has 0 saturated carbocycles. The Balaban J connectivity index is 2.10. The number of rotatable bonds is 6. The van der Waals surface area contributed by atoms with Crippen molar-refractivity contribution in [3.8, 4) is 11.5 Å². The molecule has 6 heteroatoms. The van der Waals surface area contributed by atoms with E-state index in [-0.39, 0.29) is 6.10 Å². The highest BCUT2D eigenvalue weighted by molar-refractivity contribution is 7.15. The van der Waals surface area contributed by atoms with E-state index in [2.05, 4.69) is 15.5 Å². The fraction of sp³-hybridized carbons (Fsp3) is 0.375. The highest BCUT2D eigenvalue weighted by Gasteiger charge is 2.07. The van der Waals surface area contributed by atoms with Crippen molar-refractivity contribution in [2.45, 2.75) is 33.8 Å². The average molecular weight is 319 g/mol. The second-order valence-electron chi connectivity index (χ2n) is 5.11. The van der Waals surface area contributed by atoms with E-state index < -0.39 is 0 Å². The summed E-state index contributed by atoms with van der Waals surface area (Å²) >= 11 is 1.59. The maximum Gasteiger partial charge on any atom is 0.203 e. The molecule has 0 fully saturated rings. The van der Waals surface area contributed by atoms with Crippen LogP contribution in [0.5, 0.6) is 11.5 Å². The van der Waals surface area contributed by atoms with E-state index in [1.54, 1.807) is 24.7 Å². The standard InChI is InChI=1S/C16H21N3O2S/c1-10(2)21-15-8-13(6-7-14(15)20-5)9-17-19-16-18-11(3)12(4)22-16/h6-10H,1-5H3,(H,18,19)/b17-9-. The molecule has 0 spiro atoms. The van der Waals surface area contributed by atoms with Crippen LogP contribution in [-0.2, 0) is 0 Å². The van der Waals surface area contributed by atoms with E-state index in [4.69, 9.17) is 9.47 Å². The summed E-state index contributed by atoms with van der Waals surface area (Å²) in [4.78, 5) is 5.56. The first-order valence-corrected chi connectivity index (χ1v) is 7.89. The summed E-state index contributed by atoms with van der Waals surface area (Å²) in [7, 11) is 1.63. The SMILES string of the molecule is COc1ccc(/C=N\Nc2nc(C)c(C)s2)cc1OC(C)C. The number of hydrogen-bond donors (Lipinski definition) is 1. The van der Waals surface area contributed by atoms with Crippen molar-refractivity contribution in [3.63, 3.8) is 0 Å². The van der Waals surface area contributed by atoms with Gasteiger partial charge in [-0.05, 0) is 51.5 Å². The topological polar surface area (TPSA) is 55.7 Å². The monoisotopic (exact) mass is 319 g/mol. The van der Waals surface area contributed by atoms with Crippen LogP contribution in [0.3, 0.4) is 0 Å². The van der Waals surface area contributed by atoms with Gasteiger partial charge in [0.25, 0.3) is 0 Å². The molecule has 1 N–H and O–H groups in total. The fourth-order valence-corrected chi connectivity index (χ4v) is 2.57. The van der Waals surface area contributed by atoms with Crippen molar-refractivity contribution in [1.82, 2.24) is 4.98 Å². The maximum absolute atomic E-state index is 5.74. The molecule has 1 aromatic carbocycles. The van der Waals surface area contributed by atoms with Crippen molar-refractivity contribution in [3.05, 3.63) is 34.3 Å². The van der Waals surface area contributed by atoms with Gasteiger partial charge in [-0.2, -0.15) is 5.10 Å². The lowest BCUT2D eigenvalue weighted by Crippen LogP contribution is -2.07. The smallest absolute Gasteiger partial charge is 0.203 e. The second-order valence-corrected chi connectivity index (χ2v) is 6.31. The van der Waals surface area contributed by atoms with Crippen molar-refractivity contribution in [2.75, 3.05) is 12.5 Å². The maximum atomic E-state index is 5.74. The molecule has 1 aromatic heterocycles. The third-order valence-corrected chi connectivity index (χ3v) is 3.93. The van der Waals surface area contributed by atoms with Gasteiger partial charge in [0.05, 0.1) is 25.1 Å². The minimum absolute atomic E-state index is 0.0838. The van der Waals surface area contributed by atoms with E-state index in [0.717, 1.165) is 16.4 Å². The van der Waals surface area contributed by atoms with Crippen molar-refractivity contribution < 1.29 is 9.47 Å². The van der Waals surface area contributed by atoms with Gasteiger partial charge in [-0.25, -0.2) is 4.98 Å². The first kappa shape index (κ1) is 16.3. The molecular formula is C16H21N3O2S. The van der Waals surface area contributed by atoms with E-state index in [1.165, 1.54) is 4.88 Å². The lowest BCUT2D eigenvalue weighted by Gasteiger charge is -2.13. The van der Waals surface area contributed by atoms with Crippen LogP contribution in [0.15, 0.2) is 23.3 Å². The van der Waals surface area contributed by atoms with Crippen LogP contribution >= 0.6 is 11.3 Å². The van der Waals surface area contributed by atoms with Crippen molar-refractivity contribution >= 4 is 22.7 Å². The number of anilines is 1. The van der Waals surface area contributed by atoms with Gasteiger partial charge in [-0.3, -0.25) is 5.43 Å². The number of aromatic nitrogens is 1. The average Bonchev–Trinajstić information content (AvgIpc) is 2.77. The summed E-state index contributed by atoms with van der Waals surface area (Å²) in [5, 5.41) is 5.01. The van der Waals surface area contributed by atoms with Crippen LogP contribution < -0.4 is 14.9 Å². The number of ether oxygens (including phenoxy) is 2. The summed E-state index contributed by atoms with van der Waals surface area (Å²) in [5.74, 6) is 1.42. The molecule has 22 heavy (non-hydrogen) atoms. The van der Waals surface area contributed by atoms with Crippen LogP contribution in [0.1, 0.15) is 30.0 Å². The minimum Gasteiger partial charge on any atom is -0.493 e. The number of aryl methyl sites for hydroxylation is 2. The molecule has 0 aliphatic rings. The number of hydrogen-bond acceptors (Lipinski definition) is 6. The predicted molar refractivity (Wildman–Crippen MR) is 91.6 cm³/mol. The quantitative estimate of drug-likeness (QED) is 0.646. The molecule has 118 valence electrons. The Morgan fingerprint density at radius 3 is 2.64 bits per heavy atom. The van der Waals surface area contributed by atoms with Gasteiger partial charge in [0.15, 0.2) is 11.5 Å². The molecule has 0 saturated heterocycles. The number of nitrogens with zero attached hydrogens (tertiary/aromatic N) is 2. The first-order valence-electron chi connectivity index (χ1n) is 7.07. The number of methoxy groups -OCH3 is 1. The van der Waals surface area contributed by atoms with Crippen LogP contribution in [0.25, 0.3) is 0 Å². The van der Waals surface area contributed by atoms with E-state index in [0.29, 0.717) is 11.5 Å². The first-order chi connectivity index (χ1) is 10.5. The molecule has 0 aliphatic carbocycles. The summed E-state index contributed by atoms with van der Waals surface area (Å²) in [5.41, 5.74) is 4.90. The van der Waals surface area contributed by atoms with Crippen molar-refractivity contribution in [1.29, 1.82) is 0 Å². The van der Waals surface area contributed by atoms with Crippen LogP contribution in [0, 0.1) is 13.8 Å². The molecule has 0 atom stereocenters. The number of benzene rings is 1. The van der Waals surface area contributed by atoms with Crippen LogP contribution in [0.2, 0.25) is 0 Å². The Labute approximate surface area is 135 Å². The number of thiazole rings is 1. The van der Waals surface area contributed by atoms with Crippen LogP contribution in [-0.4, -0.2) is 24.4 Å².